The maximum Gasteiger partial charge on any atom is 0.152 e. The van der Waals surface area contributed by atoms with Gasteiger partial charge in [0.2, 0.25) is 0 Å². The zero-order chi connectivity index (χ0) is 15.9. The second-order valence-corrected chi connectivity index (χ2v) is 6.37. The molecule has 0 bridgehead atoms. The highest BCUT2D eigenvalue weighted by Crippen LogP contribution is 2.49. The molecule has 108 valence electrons. The van der Waals surface area contributed by atoms with Crippen LogP contribution in [0.1, 0.15) is 30.5 Å². The normalized spacial score (nSPS) is 13.4. The molecule has 0 aromatic heterocycles. The number of nitrogens with zero attached hydrogens (tertiary/aromatic N) is 2. The van der Waals surface area contributed by atoms with E-state index in [2.05, 4.69) is 75.0 Å². The number of nitriles is 1. The van der Waals surface area contributed by atoms with Crippen LogP contribution in [-0.4, -0.2) is 14.1 Å². The highest BCUT2D eigenvalue weighted by Gasteiger charge is 2.35. The minimum Gasteiger partial charge on any atom is -0.378 e. The number of hydrogen-bond donors (Lipinski definition) is 0. The minimum absolute atomic E-state index is 0.0545. The molecule has 0 aliphatic heterocycles. The van der Waals surface area contributed by atoms with Crippen LogP contribution in [-0.2, 0) is 5.41 Å². The lowest BCUT2D eigenvalue weighted by molar-refractivity contribution is 0.660. The summed E-state index contributed by atoms with van der Waals surface area (Å²) in [7, 11) is 4.12. The number of hydrogen-bond acceptors (Lipinski definition) is 2. The van der Waals surface area contributed by atoms with Gasteiger partial charge < -0.3 is 4.90 Å². The molecule has 1 aliphatic rings. The fourth-order valence-corrected chi connectivity index (χ4v) is 3.18. The maximum atomic E-state index is 8.62. The first-order valence-corrected chi connectivity index (χ1v) is 7.32. The fourth-order valence-electron chi connectivity index (χ4n) is 3.18. The second-order valence-electron chi connectivity index (χ2n) is 6.37. The standard InChI is InChI=1S/C20H18N2/c1-20(2)18-12-14(6-5-11-21)7-9-16(18)17-10-8-15(22(3)4)13-19(17)20/h7-10,12-13H,1-4H3. The Morgan fingerprint density at radius 3 is 2.23 bits per heavy atom. The van der Waals surface area contributed by atoms with Gasteiger partial charge in [0.15, 0.2) is 6.07 Å². The van der Waals surface area contributed by atoms with Crippen LogP contribution in [0, 0.1) is 23.2 Å². The predicted molar refractivity (Wildman–Crippen MR) is 90.8 cm³/mol. The first-order valence-electron chi connectivity index (χ1n) is 7.32. The Morgan fingerprint density at radius 2 is 1.59 bits per heavy atom. The van der Waals surface area contributed by atoms with Crippen molar-refractivity contribution >= 4 is 5.69 Å². The molecule has 0 spiro atoms. The van der Waals surface area contributed by atoms with Gasteiger partial charge in [-0.25, -0.2) is 0 Å². The molecule has 0 unspecified atom stereocenters. The zero-order valence-electron chi connectivity index (χ0n) is 13.4. The van der Waals surface area contributed by atoms with Gasteiger partial charge in [0.1, 0.15) is 0 Å². The molecular weight excluding hydrogens is 268 g/mol. The van der Waals surface area contributed by atoms with Crippen molar-refractivity contribution in [3.8, 4) is 29.0 Å². The summed E-state index contributed by atoms with van der Waals surface area (Å²) in [5, 5.41) is 8.62. The van der Waals surface area contributed by atoms with Gasteiger partial charge in [0, 0.05) is 36.7 Å². The van der Waals surface area contributed by atoms with Crippen LogP contribution in [0.5, 0.6) is 0 Å². The zero-order valence-corrected chi connectivity index (χ0v) is 13.4. The van der Waals surface area contributed by atoms with E-state index in [1.165, 1.54) is 27.9 Å². The molecule has 1 aliphatic carbocycles. The summed E-state index contributed by atoms with van der Waals surface area (Å²) in [6.45, 7) is 4.50. The van der Waals surface area contributed by atoms with Gasteiger partial charge in [0.25, 0.3) is 0 Å². The largest absolute Gasteiger partial charge is 0.378 e. The Labute approximate surface area is 132 Å². The monoisotopic (exact) mass is 286 g/mol. The first-order chi connectivity index (χ1) is 10.4. The van der Waals surface area contributed by atoms with Crippen molar-refractivity contribution in [1.29, 1.82) is 5.26 Å². The van der Waals surface area contributed by atoms with Gasteiger partial charge in [0.05, 0.1) is 0 Å². The van der Waals surface area contributed by atoms with Crippen LogP contribution in [0.25, 0.3) is 11.1 Å². The van der Waals surface area contributed by atoms with Gasteiger partial charge in [-0.05, 0) is 46.5 Å². The average Bonchev–Trinajstić information content (AvgIpc) is 2.73. The van der Waals surface area contributed by atoms with Crippen LogP contribution in [0.3, 0.4) is 0 Å². The summed E-state index contributed by atoms with van der Waals surface area (Å²) in [5.41, 5.74) is 7.25. The first kappa shape index (κ1) is 14.2. The van der Waals surface area contributed by atoms with E-state index in [0.717, 1.165) is 5.56 Å². The van der Waals surface area contributed by atoms with Crippen LogP contribution >= 0.6 is 0 Å². The number of benzene rings is 2. The molecule has 2 nitrogen and oxygen atoms in total. The molecule has 0 saturated carbocycles. The second kappa shape index (κ2) is 4.93. The van der Waals surface area contributed by atoms with Gasteiger partial charge in [-0.15, -0.1) is 0 Å². The molecule has 0 fully saturated rings. The Morgan fingerprint density at radius 1 is 0.955 bits per heavy atom. The van der Waals surface area contributed by atoms with Crippen LogP contribution in [0.2, 0.25) is 0 Å². The Bertz CT molecular complexity index is 855. The third kappa shape index (κ3) is 2.05. The smallest absolute Gasteiger partial charge is 0.152 e. The molecule has 0 N–H and O–H groups in total. The summed E-state index contributed by atoms with van der Waals surface area (Å²) < 4.78 is 0. The predicted octanol–water partition coefficient (Wildman–Crippen LogP) is 3.93. The van der Waals surface area contributed by atoms with Crippen molar-refractivity contribution in [2.75, 3.05) is 19.0 Å². The molecule has 0 atom stereocenters. The molecule has 0 radical (unpaired) electrons. The van der Waals surface area contributed by atoms with Crippen molar-refractivity contribution in [3.63, 3.8) is 0 Å². The van der Waals surface area contributed by atoms with E-state index in [1.54, 1.807) is 0 Å². The number of rotatable bonds is 1. The Kier molecular flexibility index (Phi) is 3.19. The highest BCUT2D eigenvalue weighted by atomic mass is 15.1. The highest BCUT2D eigenvalue weighted by molar-refractivity contribution is 5.83. The van der Waals surface area contributed by atoms with E-state index in [4.69, 9.17) is 5.26 Å². The number of anilines is 1. The molecular formula is C20H18N2. The minimum atomic E-state index is -0.0545. The molecule has 3 rings (SSSR count). The topological polar surface area (TPSA) is 27.0 Å². The summed E-state index contributed by atoms with van der Waals surface area (Å²) in [6, 6.07) is 14.8. The van der Waals surface area contributed by atoms with Crippen molar-refractivity contribution in [2.24, 2.45) is 0 Å². The summed E-state index contributed by atoms with van der Waals surface area (Å²) >= 11 is 0. The quantitative estimate of drug-likeness (QED) is 0.743. The summed E-state index contributed by atoms with van der Waals surface area (Å²) in [5.74, 6) is 5.38. The van der Waals surface area contributed by atoms with Crippen molar-refractivity contribution in [2.45, 2.75) is 19.3 Å². The average molecular weight is 286 g/mol. The van der Waals surface area contributed by atoms with Crippen molar-refractivity contribution < 1.29 is 0 Å². The maximum absolute atomic E-state index is 8.62. The lowest BCUT2D eigenvalue weighted by atomic mass is 9.82. The molecule has 0 heterocycles. The molecule has 22 heavy (non-hydrogen) atoms. The van der Waals surface area contributed by atoms with Gasteiger partial charge >= 0.3 is 0 Å². The van der Waals surface area contributed by atoms with Crippen molar-refractivity contribution in [1.82, 2.24) is 0 Å². The van der Waals surface area contributed by atoms with Crippen LogP contribution in [0.15, 0.2) is 36.4 Å². The molecule has 2 heteroatoms. The molecule has 2 aromatic rings. The van der Waals surface area contributed by atoms with E-state index in [1.807, 2.05) is 12.1 Å². The van der Waals surface area contributed by atoms with E-state index < -0.39 is 0 Å². The molecule has 2 aromatic carbocycles. The van der Waals surface area contributed by atoms with E-state index in [-0.39, 0.29) is 5.41 Å². The van der Waals surface area contributed by atoms with Gasteiger partial charge in [-0.1, -0.05) is 31.9 Å². The third-order valence-electron chi connectivity index (χ3n) is 4.44. The SMILES string of the molecule is CN(C)c1ccc2c(c1)C(C)(C)c1cc(C#CC#N)ccc1-2. The van der Waals surface area contributed by atoms with Gasteiger partial charge in [-0.3, -0.25) is 0 Å². The molecule has 0 amide bonds. The van der Waals surface area contributed by atoms with Crippen molar-refractivity contribution in [3.05, 3.63) is 53.1 Å². The van der Waals surface area contributed by atoms with Gasteiger partial charge in [-0.2, -0.15) is 5.26 Å². The van der Waals surface area contributed by atoms with Crippen LogP contribution in [0.4, 0.5) is 5.69 Å². The van der Waals surface area contributed by atoms with E-state index in [9.17, 15) is 0 Å². The van der Waals surface area contributed by atoms with E-state index >= 15 is 0 Å². The summed E-state index contributed by atoms with van der Waals surface area (Å²) in [4.78, 5) is 2.13. The fraction of sp³-hybridized carbons (Fsp3) is 0.250. The lowest BCUT2D eigenvalue weighted by Crippen LogP contribution is -2.16. The third-order valence-corrected chi connectivity index (χ3v) is 4.44. The Balaban J connectivity index is 2.20. The number of fused-ring (bicyclic) bond motifs is 3. The Hall–Kier alpha value is -2.71. The van der Waals surface area contributed by atoms with Crippen LogP contribution < -0.4 is 4.90 Å². The lowest BCUT2D eigenvalue weighted by Gasteiger charge is -2.23. The molecule has 0 saturated heterocycles. The summed E-state index contributed by atoms with van der Waals surface area (Å²) in [6.07, 6.45) is 0. The van der Waals surface area contributed by atoms with E-state index in [0.29, 0.717) is 0 Å².